The Balaban J connectivity index is 2.49. The summed E-state index contributed by atoms with van der Waals surface area (Å²) in [6.45, 7) is 0.0912. The summed E-state index contributed by atoms with van der Waals surface area (Å²) in [4.78, 5) is 10.3. The fraction of sp³-hybridized carbons (Fsp3) is 0.222. The molecular weight excluding hydrogens is 211 g/mol. The van der Waals surface area contributed by atoms with Crippen molar-refractivity contribution >= 4 is 28.6 Å². The Morgan fingerprint density at radius 2 is 2.00 bits per heavy atom. The average Bonchev–Trinajstić information content (AvgIpc) is 2.15. The molecule has 1 atom stereocenters. The SMILES string of the molecule is O=C(Cl)OCC(Cl)c1ccccc1. The van der Waals surface area contributed by atoms with E-state index in [1.165, 1.54) is 0 Å². The zero-order valence-electron chi connectivity index (χ0n) is 6.74. The minimum Gasteiger partial charge on any atom is -0.452 e. The second kappa shape index (κ2) is 5.10. The maximum Gasteiger partial charge on any atom is 0.403 e. The van der Waals surface area contributed by atoms with Crippen LogP contribution in [0.1, 0.15) is 10.9 Å². The minimum absolute atomic E-state index is 0.0912. The van der Waals surface area contributed by atoms with Crippen LogP contribution in [0.25, 0.3) is 0 Å². The van der Waals surface area contributed by atoms with Gasteiger partial charge in [0.15, 0.2) is 0 Å². The van der Waals surface area contributed by atoms with Gasteiger partial charge in [0.05, 0.1) is 5.38 Å². The second-order valence-corrected chi connectivity index (χ2v) is 3.26. The van der Waals surface area contributed by atoms with E-state index in [0.29, 0.717) is 0 Å². The number of hydrogen-bond donors (Lipinski definition) is 0. The first-order valence-corrected chi connectivity index (χ1v) is 4.53. The highest BCUT2D eigenvalue weighted by molar-refractivity contribution is 6.61. The van der Waals surface area contributed by atoms with E-state index in [-0.39, 0.29) is 12.0 Å². The van der Waals surface area contributed by atoms with Gasteiger partial charge in [-0.05, 0) is 5.56 Å². The van der Waals surface area contributed by atoms with E-state index in [4.69, 9.17) is 23.2 Å². The van der Waals surface area contributed by atoms with Crippen molar-refractivity contribution in [1.29, 1.82) is 0 Å². The summed E-state index contributed by atoms with van der Waals surface area (Å²) in [5.41, 5.74) is 0.0728. The molecule has 0 aliphatic carbocycles. The third-order valence-electron chi connectivity index (χ3n) is 1.50. The van der Waals surface area contributed by atoms with Gasteiger partial charge in [0, 0.05) is 11.6 Å². The predicted molar refractivity (Wildman–Crippen MR) is 52.2 cm³/mol. The molecule has 0 aliphatic rings. The Labute approximate surface area is 86.4 Å². The lowest BCUT2D eigenvalue weighted by Gasteiger charge is -2.08. The quantitative estimate of drug-likeness (QED) is 0.575. The standard InChI is InChI=1S/C9H8Cl2O2/c10-8(6-13-9(11)12)7-4-2-1-3-5-7/h1-5,8H,6H2. The third-order valence-corrected chi connectivity index (χ3v) is 1.99. The molecule has 0 heterocycles. The number of ether oxygens (including phenoxy) is 1. The van der Waals surface area contributed by atoms with Gasteiger partial charge in [0.1, 0.15) is 6.61 Å². The summed E-state index contributed by atoms with van der Waals surface area (Å²) in [6.07, 6.45) is 0. The number of rotatable bonds is 3. The van der Waals surface area contributed by atoms with Crippen molar-refractivity contribution < 1.29 is 9.53 Å². The Morgan fingerprint density at radius 3 is 2.54 bits per heavy atom. The molecule has 0 fully saturated rings. The molecule has 13 heavy (non-hydrogen) atoms. The van der Waals surface area contributed by atoms with Crippen molar-refractivity contribution in [2.24, 2.45) is 0 Å². The van der Waals surface area contributed by atoms with E-state index in [2.05, 4.69) is 4.74 Å². The van der Waals surface area contributed by atoms with Crippen LogP contribution in [0.3, 0.4) is 0 Å². The van der Waals surface area contributed by atoms with Crippen LogP contribution in [0.5, 0.6) is 0 Å². The van der Waals surface area contributed by atoms with Crippen molar-refractivity contribution in [2.45, 2.75) is 5.38 Å². The first-order valence-electron chi connectivity index (χ1n) is 3.71. The molecule has 4 heteroatoms. The number of hydrogen-bond acceptors (Lipinski definition) is 2. The number of benzene rings is 1. The predicted octanol–water partition coefficient (Wildman–Crippen LogP) is 3.34. The number of alkyl halides is 1. The maximum absolute atomic E-state index is 10.3. The number of carbonyl (C=O) groups is 1. The van der Waals surface area contributed by atoms with Crippen molar-refractivity contribution in [3.63, 3.8) is 0 Å². The highest BCUT2D eigenvalue weighted by Crippen LogP contribution is 2.20. The average molecular weight is 219 g/mol. The normalized spacial score (nSPS) is 12.2. The lowest BCUT2D eigenvalue weighted by Crippen LogP contribution is -2.03. The molecule has 1 rings (SSSR count). The lowest BCUT2D eigenvalue weighted by molar-refractivity contribution is 0.173. The summed E-state index contributed by atoms with van der Waals surface area (Å²) in [7, 11) is 0. The van der Waals surface area contributed by atoms with E-state index in [1.807, 2.05) is 30.3 Å². The van der Waals surface area contributed by atoms with Crippen LogP contribution >= 0.6 is 23.2 Å². The van der Waals surface area contributed by atoms with Crippen molar-refractivity contribution in [1.82, 2.24) is 0 Å². The van der Waals surface area contributed by atoms with E-state index < -0.39 is 5.43 Å². The molecule has 0 bridgehead atoms. The third kappa shape index (κ3) is 3.66. The molecule has 2 nitrogen and oxygen atoms in total. The molecule has 1 aromatic rings. The molecule has 1 aromatic carbocycles. The van der Waals surface area contributed by atoms with E-state index in [9.17, 15) is 4.79 Å². The van der Waals surface area contributed by atoms with Crippen LogP contribution in [-0.4, -0.2) is 12.0 Å². The summed E-state index contributed by atoms with van der Waals surface area (Å²) in [5.74, 6) is 0. The van der Waals surface area contributed by atoms with Gasteiger partial charge in [-0.25, -0.2) is 4.79 Å². The summed E-state index contributed by atoms with van der Waals surface area (Å²) < 4.78 is 4.55. The first kappa shape index (κ1) is 10.4. The molecule has 0 saturated heterocycles. The second-order valence-electron chi connectivity index (χ2n) is 2.43. The largest absolute Gasteiger partial charge is 0.452 e. The van der Waals surface area contributed by atoms with Gasteiger partial charge in [0.25, 0.3) is 0 Å². The molecule has 1 unspecified atom stereocenters. The Morgan fingerprint density at radius 1 is 1.38 bits per heavy atom. The highest BCUT2D eigenvalue weighted by Gasteiger charge is 2.08. The van der Waals surface area contributed by atoms with Crippen molar-refractivity contribution in [3.8, 4) is 0 Å². The number of halogens is 2. The number of carbonyl (C=O) groups excluding carboxylic acids is 1. The highest BCUT2D eigenvalue weighted by atomic mass is 35.5. The maximum atomic E-state index is 10.3. The van der Waals surface area contributed by atoms with Gasteiger partial charge >= 0.3 is 5.43 Å². The van der Waals surface area contributed by atoms with Crippen LogP contribution in [0.4, 0.5) is 4.79 Å². The van der Waals surface area contributed by atoms with Crippen molar-refractivity contribution in [2.75, 3.05) is 6.61 Å². The summed E-state index contributed by atoms with van der Waals surface area (Å²) in [5, 5.41) is -0.344. The smallest absolute Gasteiger partial charge is 0.403 e. The molecule has 0 amide bonds. The van der Waals surface area contributed by atoms with Crippen LogP contribution in [0, 0.1) is 0 Å². The first-order chi connectivity index (χ1) is 6.20. The molecule has 0 N–H and O–H groups in total. The lowest BCUT2D eigenvalue weighted by atomic mass is 10.2. The van der Waals surface area contributed by atoms with E-state index in [0.717, 1.165) is 5.56 Å². The van der Waals surface area contributed by atoms with Gasteiger partial charge in [-0.1, -0.05) is 30.3 Å². The zero-order chi connectivity index (χ0) is 9.68. The zero-order valence-corrected chi connectivity index (χ0v) is 8.26. The van der Waals surface area contributed by atoms with Crippen LogP contribution in [0.2, 0.25) is 0 Å². The fourth-order valence-electron chi connectivity index (χ4n) is 0.897. The van der Waals surface area contributed by atoms with Gasteiger partial charge in [0.2, 0.25) is 0 Å². The molecule has 0 radical (unpaired) electrons. The van der Waals surface area contributed by atoms with E-state index in [1.54, 1.807) is 0 Å². The molecular formula is C9H8Cl2O2. The molecule has 0 spiro atoms. The van der Waals surface area contributed by atoms with Gasteiger partial charge < -0.3 is 4.74 Å². The van der Waals surface area contributed by atoms with E-state index >= 15 is 0 Å². The van der Waals surface area contributed by atoms with Crippen LogP contribution < -0.4 is 0 Å². The molecule has 70 valence electrons. The topological polar surface area (TPSA) is 26.3 Å². The van der Waals surface area contributed by atoms with Gasteiger partial charge in [-0.3, -0.25) is 0 Å². The summed E-state index contributed by atoms with van der Waals surface area (Å²) in [6, 6.07) is 9.35. The monoisotopic (exact) mass is 218 g/mol. The Hall–Kier alpha value is -0.730. The summed E-state index contributed by atoms with van der Waals surface area (Å²) >= 11 is 10.9. The molecule has 0 saturated carbocycles. The fourth-order valence-corrected chi connectivity index (χ4v) is 1.17. The Kier molecular flexibility index (Phi) is 4.06. The Bertz CT molecular complexity index is 274. The molecule has 0 aliphatic heterocycles. The van der Waals surface area contributed by atoms with Gasteiger partial charge in [-0.2, -0.15) is 0 Å². The van der Waals surface area contributed by atoms with Gasteiger partial charge in [-0.15, -0.1) is 11.6 Å². The minimum atomic E-state index is -0.832. The van der Waals surface area contributed by atoms with Crippen LogP contribution in [-0.2, 0) is 4.74 Å². The van der Waals surface area contributed by atoms with Crippen molar-refractivity contribution in [3.05, 3.63) is 35.9 Å². The molecule has 0 aromatic heterocycles. The van der Waals surface area contributed by atoms with Crippen LogP contribution in [0.15, 0.2) is 30.3 Å².